The summed E-state index contributed by atoms with van der Waals surface area (Å²) in [5.41, 5.74) is 0.372. The standard InChI is InChI=1S/C18H13Cl2N3O5/c1-2-27-18(24)15-10-17(28-13-6-4-12(5-7-13)23(25)26)22(21-15)16-8-3-11(19)9-14(16)20/h3-10H,2H2,1H3. The van der Waals surface area contributed by atoms with Crippen LogP contribution in [-0.2, 0) is 4.74 Å². The molecular weight excluding hydrogens is 409 g/mol. The fourth-order valence-corrected chi connectivity index (χ4v) is 2.81. The second-order valence-corrected chi connectivity index (χ2v) is 6.29. The summed E-state index contributed by atoms with van der Waals surface area (Å²) in [4.78, 5) is 22.3. The van der Waals surface area contributed by atoms with Crippen molar-refractivity contribution in [3.8, 4) is 17.3 Å². The Bertz CT molecular complexity index is 1030. The van der Waals surface area contributed by atoms with Crippen molar-refractivity contribution in [2.24, 2.45) is 0 Å². The average Bonchev–Trinajstić information content (AvgIpc) is 3.06. The highest BCUT2D eigenvalue weighted by atomic mass is 35.5. The van der Waals surface area contributed by atoms with E-state index in [1.54, 1.807) is 19.1 Å². The molecule has 1 aromatic heterocycles. The molecule has 1 heterocycles. The van der Waals surface area contributed by atoms with Crippen LogP contribution in [0.2, 0.25) is 10.0 Å². The molecule has 0 N–H and O–H groups in total. The van der Waals surface area contributed by atoms with Gasteiger partial charge in [-0.2, -0.15) is 9.78 Å². The molecule has 8 nitrogen and oxygen atoms in total. The van der Waals surface area contributed by atoms with Gasteiger partial charge in [-0.1, -0.05) is 23.2 Å². The summed E-state index contributed by atoms with van der Waals surface area (Å²) in [6, 6.07) is 11.6. The quantitative estimate of drug-likeness (QED) is 0.313. The highest BCUT2D eigenvalue weighted by Gasteiger charge is 2.20. The SMILES string of the molecule is CCOC(=O)c1cc(Oc2ccc([N+](=O)[O-])cc2)n(-c2ccc(Cl)cc2Cl)n1. The number of non-ortho nitro benzene ring substituents is 1. The van der Waals surface area contributed by atoms with Crippen LogP contribution in [0.15, 0.2) is 48.5 Å². The van der Waals surface area contributed by atoms with Crippen LogP contribution in [0, 0.1) is 10.1 Å². The third-order valence-electron chi connectivity index (χ3n) is 3.57. The summed E-state index contributed by atoms with van der Waals surface area (Å²) in [6.45, 7) is 1.87. The van der Waals surface area contributed by atoms with Gasteiger partial charge in [-0.15, -0.1) is 0 Å². The van der Waals surface area contributed by atoms with E-state index in [0.717, 1.165) is 0 Å². The van der Waals surface area contributed by atoms with Gasteiger partial charge in [0, 0.05) is 23.2 Å². The lowest BCUT2D eigenvalue weighted by molar-refractivity contribution is -0.384. The molecule has 0 radical (unpaired) electrons. The van der Waals surface area contributed by atoms with Crippen molar-refractivity contribution >= 4 is 34.9 Å². The first-order valence-electron chi connectivity index (χ1n) is 8.04. The number of esters is 1. The third-order valence-corrected chi connectivity index (χ3v) is 4.11. The highest BCUT2D eigenvalue weighted by Crippen LogP contribution is 2.31. The fraction of sp³-hybridized carbons (Fsp3) is 0.111. The zero-order valence-electron chi connectivity index (χ0n) is 14.5. The molecule has 0 fully saturated rings. The van der Waals surface area contributed by atoms with E-state index in [4.69, 9.17) is 32.7 Å². The minimum atomic E-state index is -0.625. The highest BCUT2D eigenvalue weighted by molar-refractivity contribution is 6.35. The molecule has 2 aromatic carbocycles. The molecule has 0 atom stereocenters. The largest absolute Gasteiger partial charge is 0.461 e. The summed E-state index contributed by atoms with van der Waals surface area (Å²) in [5.74, 6) is -0.145. The monoisotopic (exact) mass is 421 g/mol. The molecule has 3 aromatic rings. The van der Waals surface area contributed by atoms with E-state index < -0.39 is 10.9 Å². The molecule has 0 aliphatic heterocycles. The zero-order chi connectivity index (χ0) is 20.3. The molecule has 3 rings (SSSR count). The molecule has 0 spiro atoms. The Morgan fingerprint density at radius 1 is 1.18 bits per heavy atom. The summed E-state index contributed by atoms with van der Waals surface area (Å²) < 4.78 is 12.1. The second-order valence-electron chi connectivity index (χ2n) is 5.45. The van der Waals surface area contributed by atoms with E-state index in [0.29, 0.717) is 21.5 Å². The number of hydrogen-bond acceptors (Lipinski definition) is 6. The van der Waals surface area contributed by atoms with Crippen molar-refractivity contribution in [1.29, 1.82) is 0 Å². The topological polar surface area (TPSA) is 96.5 Å². The number of ether oxygens (including phenoxy) is 2. The van der Waals surface area contributed by atoms with Crippen molar-refractivity contribution < 1.29 is 19.2 Å². The number of nitro benzene ring substituents is 1. The first kappa shape index (κ1) is 19.7. The van der Waals surface area contributed by atoms with Gasteiger partial charge >= 0.3 is 5.97 Å². The Hall–Kier alpha value is -3.10. The first-order valence-corrected chi connectivity index (χ1v) is 8.79. The maximum absolute atomic E-state index is 12.1. The smallest absolute Gasteiger partial charge is 0.358 e. The van der Waals surface area contributed by atoms with E-state index in [1.807, 2.05) is 0 Å². The number of hydrogen-bond donors (Lipinski definition) is 0. The number of nitro groups is 1. The maximum atomic E-state index is 12.1. The minimum absolute atomic E-state index is 0.0183. The Kier molecular flexibility index (Phi) is 5.81. The molecule has 0 aliphatic carbocycles. The van der Waals surface area contributed by atoms with Gasteiger partial charge < -0.3 is 9.47 Å². The van der Waals surface area contributed by atoms with Crippen molar-refractivity contribution in [2.75, 3.05) is 6.61 Å². The molecule has 0 bridgehead atoms. The van der Waals surface area contributed by atoms with Gasteiger partial charge in [0.1, 0.15) is 5.75 Å². The van der Waals surface area contributed by atoms with Gasteiger partial charge in [0.2, 0.25) is 5.88 Å². The molecule has 0 unspecified atom stereocenters. The minimum Gasteiger partial charge on any atom is -0.461 e. The van der Waals surface area contributed by atoms with Crippen molar-refractivity contribution in [2.45, 2.75) is 6.92 Å². The average molecular weight is 422 g/mol. The Morgan fingerprint density at radius 2 is 1.89 bits per heavy atom. The molecule has 0 saturated carbocycles. The number of aromatic nitrogens is 2. The van der Waals surface area contributed by atoms with E-state index >= 15 is 0 Å². The molecule has 0 amide bonds. The van der Waals surface area contributed by atoms with Crippen LogP contribution >= 0.6 is 23.2 Å². The lowest BCUT2D eigenvalue weighted by Gasteiger charge is -2.10. The predicted octanol–water partition coefficient (Wildman–Crippen LogP) is 5.06. The molecule has 28 heavy (non-hydrogen) atoms. The van der Waals surface area contributed by atoms with Gasteiger partial charge in [-0.25, -0.2) is 4.79 Å². The number of carbonyl (C=O) groups is 1. The summed E-state index contributed by atoms with van der Waals surface area (Å²) in [7, 11) is 0. The van der Waals surface area contributed by atoms with Gasteiger partial charge in [0.15, 0.2) is 5.69 Å². The van der Waals surface area contributed by atoms with E-state index in [-0.39, 0.29) is 23.9 Å². The van der Waals surface area contributed by atoms with Gasteiger partial charge in [-0.05, 0) is 37.3 Å². The third kappa shape index (κ3) is 4.24. The number of carbonyl (C=O) groups excluding carboxylic acids is 1. The second kappa shape index (κ2) is 8.28. The van der Waals surface area contributed by atoms with Crippen LogP contribution in [0.4, 0.5) is 5.69 Å². The normalized spacial score (nSPS) is 10.5. The van der Waals surface area contributed by atoms with Crippen LogP contribution in [0.1, 0.15) is 17.4 Å². The molecular formula is C18H13Cl2N3O5. The van der Waals surface area contributed by atoms with Gasteiger partial charge in [0.25, 0.3) is 5.69 Å². The maximum Gasteiger partial charge on any atom is 0.358 e. The van der Waals surface area contributed by atoms with Gasteiger partial charge in [0.05, 0.1) is 22.2 Å². The van der Waals surface area contributed by atoms with Crippen LogP contribution in [0.25, 0.3) is 5.69 Å². The van der Waals surface area contributed by atoms with Crippen molar-refractivity contribution in [3.63, 3.8) is 0 Å². The number of benzene rings is 2. The summed E-state index contributed by atoms with van der Waals surface area (Å²) in [6.07, 6.45) is 0. The predicted molar refractivity (Wildman–Crippen MR) is 103 cm³/mol. The van der Waals surface area contributed by atoms with Crippen molar-refractivity contribution in [3.05, 3.63) is 74.4 Å². The lowest BCUT2D eigenvalue weighted by atomic mass is 10.3. The lowest BCUT2D eigenvalue weighted by Crippen LogP contribution is -2.07. The van der Waals surface area contributed by atoms with Crippen molar-refractivity contribution in [1.82, 2.24) is 9.78 Å². The first-order chi connectivity index (χ1) is 13.4. The fourth-order valence-electron chi connectivity index (χ4n) is 2.32. The molecule has 0 saturated heterocycles. The van der Waals surface area contributed by atoms with Crippen LogP contribution in [0.3, 0.4) is 0 Å². The molecule has 0 aliphatic rings. The van der Waals surface area contributed by atoms with Crippen LogP contribution < -0.4 is 4.74 Å². The van der Waals surface area contributed by atoms with E-state index in [1.165, 1.54) is 41.1 Å². The number of nitrogens with zero attached hydrogens (tertiary/aromatic N) is 3. The number of rotatable bonds is 6. The van der Waals surface area contributed by atoms with Crippen LogP contribution in [-0.4, -0.2) is 27.3 Å². The van der Waals surface area contributed by atoms with E-state index in [2.05, 4.69) is 5.10 Å². The van der Waals surface area contributed by atoms with Crippen LogP contribution in [0.5, 0.6) is 11.6 Å². The van der Waals surface area contributed by atoms with Gasteiger partial charge in [-0.3, -0.25) is 10.1 Å². The molecule has 144 valence electrons. The Labute approximate surface area is 169 Å². The Balaban J connectivity index is 2.02. The summed E-state index contributed by atoms with van der Waals surface area (Å²) >= 11 is 12.2. The van der Waals surface area contributed by atoms with E-state index in [9.17, 15) is 14.9 Å². The zero-order valence-corrected chi connectivity index (χ0v) is 16.0. The Morgan fingerprint density at radius 3 is 2.50 bits per heavy atom. The summed E-state index contributed by atoms with van der Waals surface area (Å²) in [5, 5.41) is 15.7. The molecule has 10 heteroatoms. The number of halogens is 2.